The van der Waals surface area contributed by atoms with Crippen LogP contribution in [-0.4, -0.2) is 36.2 Å². The summed E-state index contributed by atoms with van der Waals surface area (Å²) in [6, 6.07) is 13.6. The Hall–Kier alpha value is -2.20. The van der Waals surface area contributed by atoms with E-state index in [1.54, 1.807) is 12.1 Å². The number of aryl methyl sites for hydroxylation is 1. The van der Waals surface area contributed by atoms with Gasteiger partial charge in [-0.05, 0) is 68.1 Å². The first-order valence-corrected chi connectivity index (χ1v) is 9.71. The van der Waals surface area contributed by atoms with Crippen molar-refractivity contribution in [1.82, 2.24) is 4.90 Å². The van der Waals surface area contributed by atoms with Gasteiger partial charge in [0.15, 0.2) is 0 Å². The van der Waals surface area contributed by atoms with Gasteiger partial charge in [0.05, 0.1) is 0 Å². The molecule has 2 aromatic rings. The lowest BCUT2D eigenvalue weighted by Crippen LogP contribution is -2.33. The molecule has 138 valence electrons. The van der Waals surface area contributed by atoms with E-state index in [2.05, 4.69) is 17.0 Å². The molecular weight excluding hydrogens is 326 g/mol. The molecule has 1 N–H and O–H groups in total. The van der Waals surface area contributed by atoms with Crippen LogP contribution in [0.1, 0.15) is 42.9 Å². The first-order chi connectivity index (χ1) is 12.8. The summed E-state index contributed by atoms with van der Waals surface area (Å²) in [6.45, 7) is 4.16. The van der Waals surface area contributed by atoms with Crippen molar-refractivity contribution in [3.63, 3.8) is 0 Å². The van der Waals surface area contributed by atoms with Crippen molar-refractivity contribution in [1.29, 1.82) is 0 Å². The molecule has 0 aliphatic carbocycles. The van der Waals surface area contributed by atoms with Gasteiger partial charge in [-0.2, -0.15) is 0 Å². The van der Waals surface area contributed by atoms with Crippen LogP contribution in [-0.2, 0) is 6.42 Å². The molecule has 4 heteroatoms. The van der Waals surface area contributed by atoms with E-state index in [-0.39, 0.29) is 11.9 Å². The maximum absolute atomic E-state index is 9.66. The third kappa shape index (κ3) is 4.13. The fraction of sp³-hybridized carbons (Fsp3) is 0.455. The minimum atomic E-state index is 0.0340. The number of aromatic hydroxyl groups is 1. The van der Waals surface area contributed by atoms with E-state index in [4.69, 9.17) is 9.47 Å². The molecule has 2 heterocycles. The second-order valence-electron chi connectivity index (χ2n) is 7.26. The molecule has 0 bridgehead atoms. The molecule has 1 fully saturated rings. The number of nitrogens with zero attached hydrogens (tertiary/aromatic N) is 1. The van der Waals surface area contributed by atoms with Gasteiger partial charge in [0.2, 0.25) is 0 Å². The highest BCUT2D eigenvalue weighted by Crippen LogP contribution is 2.37. The van der Waals surface area contributed by atoms with Crippen LogP contribution >= 0.6 is 0 Å². The van der Waals surface area contributed by atoms with Crippen LogP contribution in [0, 0.1) is 0 Å². The van der Waals surface area contributed by atoms with Crippen molar-refractivity contribution < 1.29 is 14.6 Å². The molecule has 0 aromatic heterocycles. The van der Waals surface area contributed by atoms with E-state index in [0.29, 0.717) is 0 Å². The summed E-state index contributed by atoms with van der Waals surface area (Å²) < 4.78 is 12.0. The topological polar surface area (TPSA) is 41.9 Å². The Morgan fingerprint density at radius 1 is 1.04 bits per heavy atom. The molecule has 1 saturated heterocycles. The fourth-order valence-corrected chi connectivity index (χ4v) is 3.85. The number of phenolic OH excluding ortho intramolecular Hbond substituents is 1. The smallest absolute Gasteiger partial charge is 0.127 e. The second kappa shape index (κ2) is 8.00. The highest BCUT2D eigenvalue weighted by atomic mass is 16.5. The molecule has 4 nitrogen and oxygen atoms in total. The minimum Gasteiger partial charge on any atom is -0.508 e. The van der Waals surface area contributed by atoms with Gasteiger partial charge in [-0.1, -0.05) is 24.6 Å². The van der Waals surface area contributed by atoms with E-state index in [9.17, 15) is 5.11 Å². The summed E-state index contributed by atoms with van der Waals surface area (Å²) in [4.78, 5) is 2.49. The van der Waals surface area contributed by atoms with E-state index in [1.807, 2.05) is 18.2 Å². The Kier molecular flexibility index (Phi) is 5.30. The first kappa shape index (κ1) is 17.2. The van der Waals surface area contributed by atoms with Gasteiger partial charge in [-0.25, -0.2) is 0 Å². The van der Waals surface area contributed by atoms with Crippen molar-refractivity contribution in [3.05, 3.63) is 53.6 Å². The van der Waals surface area contributed by atoms with Crippen LogP contribution in [0.3, 0.4) is 0 Å². The standard InChI is InChI=1S/C22H27NO3/c24-19-8-4-18-7-11-21(26-22(18)16-19)17-5-9-20(10-6-17)25-15-14-23-12-2-1-3-13-23/h4-6,8-10,16,21,24H,1-3,7,11-15H2. The molecule has 4 rings (SSSR count). The molecule has 2 aliphatic rings. The summed E-state index contributed by atoms with van der Waals surface area (Å²) >= 11 is 0. The average Bonchev–Trinajstić information content (AvgIpc) is 2.69. The normalized spacial score (nSPS) is 20.2. The Bertz CT molecular complexity index is 723. The van der Waals surface area contributed by atoms with Crippen LogP contribution in [0.4, 0.5) is 0 Å². The van der Waals surface area contributed by atoms with Crippen LogP contribution in [0.25, 0.3) is 0 Å². The van der Waals surface area contributed by atoms with E-state index < -0.39 is 0 Å². The van der Waals surface area contributed by atoms with Crippen LogP contribution in [0.2, 0.25) is 0 Å². The molecule has 0 amide bonds. The van der Waals surface area contributed by atoms with Crippen molar-refractivity contribution >= 4 is 0 Å². The van der Waals surface area contributed by atoms with Gasteiger partial charge in [0.1, 0.15) is 30.0 Å². The third-order valence-corrected chi connectivity index (χ3v) is 5.37. The predicted molar refractivity (Wildman–Crippen MR) is 102 cm³/mol. The summed E-state index contributed by atoms with van der Waals surface area (Å²) in [7, 11) is 0. The Morgan fingerprint density at radius 2 is 1.85 bits per heavy atom. The minimum absolute atomic E-state index is 0.0340. The van der Waals surface area contributed by atoms with Crippen molar-refractivity contribution in [2.75, 3.05) is 26.2 Å². The zero-order chi connectivity index (χ0) is 17.8. The summed E-state index contributed by atoms with van der Waals surface area (Å²) in [5, 5.41) is 9.66. The summed E-state index contributed by atoms with van der Waals surface area (Å²) in [5.41, 5.74) is 2.32. The lowest BCUT2D eigenvalue weighted by molar-refractivity contribution is 0.175. The monoisotopic (exact) mass is 353 g/mol. The summed E-state index contributed by atoms with van der Waals surface area (Å²) in [6.07, 6.45) is 5.95. The van der Waals surface area contributed by atoms with Gasteiger partial charge >= 0.3 is 0 Å². The number of fused-ring (bicyclic) bond motifs is 1. The molecule has 26 heavy (non-hydrogen) atoms. The number of phenols is 1. The van der Waals surface area contributed by atoms with Gasteiger partial charge < -0.3 is 14.6 Å². The lowest BCUT2D eigenvalue weighted by atomic mass is 9.97. The first-order valence-electron chi connectivity index (χ1n) is 9.71. The number of rotatable bonds is 5. The predicted octanol–water partition coefficient (Wildman–Crippen LogP) is 4.32. The number of piperidine rings is 1. The zero-order valence-corrected chi connectivity index (χ0v) is 15.2. The van der Waals surface area contributed by atoms with Gasteiger partial charge in [0.25, 0.3) is 0 Å². The molecule has 0 radical (unpaired) electrons. The number of hydrogen-bond donors (Lipinski definition) is 1. The maximum atomic E-state index is 9.66. The number of hydrogen-bond acceptors (Lipinski definition) is 4. The number of likely N-dealkylation sites (tertiary alicyclic amines) is 1. The van der Waals surface area contributed by atoms with Crippen LogP contribution in [0.5, 0.6) is 17.2 Å². The van der Waals surface area contributed by atoms with Crippen molar-refractivity contribution in [2.45, 2.75) is 38.2 Å². The quantitative estimate of drug-likeness (QED) is 0.869. The van der Waals surface area contributed by atoms with E-state index >= 15 is 0 Å². The van der Waals surface area contributed by atoms with Gasteiger partial charge in [0, 0.05) is 12.6 Å². The van der Waals surface area contributed by atoms with Crippen LogP contribution in [0.15, 0.2) is 42.5 Å². The molecular formula is C22H27NO3. The molecule has 2 aliphatic heterocycles. The molecule has 1 unspecified atom stereocenters. The van der Waals surface area contributed by atoms with Gasteiger partial charge in [-0.15, -0.1) is 0 Å². The molecule has 0 spiro atoms. The molecule has 0 saturated carbocycles. The zero-order valence-electron chi connectivity index (χ0n) is 15.2. The van der Waals surface area contributed by atoms with Gasteiger partial charge in [-0.3, -0.25) is 4.90 Å². The lowest BCUT2D eigenvalue weighted by Gasteiger charge is -2.27. The highest BCUT2D eigenvalue weighted by Gasteiger charge is 2.21. The highest BCUT2D eigenvalue weighted by molar-refractivity contribution is 5.42. The SMILES string of the molecule is Oc1ccc2c(c1)OC(c1ccc(OCCN3CCCCC3)cc1)CC2. The summed E-state index contributed by atoms with van der Waals surface area (Å²) in [5.74, 6) is 1.96. The Labute approximate surface area is 155 Å². The third-order valence-electron chi connectivity index (χ3n) is 5.37. The maximum Gasteiger partial charge on any atom is 0.127 e. The van der Waals surface area contributed by atoms with Crippen molar-refractivity contribution in [3.8, 4) is 17.2 Å². The van der Waals surface area contributed by atoms with Crippen molar-refractivity contribution in [2.24, 2.45) is 0 Å². The fourth-order valence-electron chi connectivity index (χ4n) is 3.85. The molecule has 1 atom stereocenters. The Morgan fingerprint density at radius 3 is 2.65 bits per heavy atom. The van der Waals surface area contributed by atoms with E-state index in [0.717, 1.165) is 48.6 Å². The Balaban J connectivity index is 1.31. The average molecular weight is 353 g/mol. The number of benzene rings is 2. The molecule has 2 aromatic carbocycles. The van der Waals surface area contributed by atoms with E-state index in [1.165, 1.54) is 32.4 Å². The van der Waals surface area contributed by atoms with Crippen LogP contribution < -0.4 is 9.47 Å². The second-order valence-corrected chi connectivity index (χ2v) is 7.26. The number of ether oxygens (including phenoxy) is 2. The largest absolute Gasteiger partial charge is 0.508 e.